The Hall–Kier alpha value is -4.53. The summed E-state index contributed by atoms with van der Waals surface area (Å²) in [5, 5.41) is 7.25. The molecule has 9 heteroatoms. The summed E-state index contributed by atoms with van der Waals surface area (Å²) in [5.41, 5.74) is 1.79. The topological polar surface area (TPSA) is 90.4 Å². The average molecular weight is 457 g/mol. The molecular formula is C25H20FN5O3. The van der Waals surface area contributed by atoms with Crippen LogP contribution in [0.4, 0.5) is 10.1 Å². The first-order chi connectivity index (χ1) is 16.4. The highest BCUT2D eigenvalue weighted by Crippen LogP contribution is 2.13. The molecule has 5 aromatic rings. The summed E-state index contributed by atoms with van der Waals surface area (Å²) in [6.45, 7) is 1.78. The number of halogens is 1. The predicted octanol–water partition coefficient (Wildman–Crippen LogP) is 2.95. The first kappa shape index (κ1) is 21.3. The summed E-state index contributed by atoms with van der Waals surface area (Å²) in [6, 6.07) is 19.9. The fourth-order valence-electron chi connectivity index (χ4n) is 3.89. The third-order valence-electron chi connectivity index (χ3n) is 5.55. The molecule has 0 fully saturated rings. The van der Waals surface area contributed by atoms with Gasteiger partial charge in [0.05, 0.1) is 17.4 Å². The standard InChI is InChI=1S/C25H20FN5O3/c1-16-9-11-17(12-10-16)14-29-23(33)20-7-2-3-8-21(20)31-24(29)28-30(25(31)34)15-22(32)27-19-6-4-5-18(26)13-19/h2-13H,14-15H2,1H3,(H,27,32). The number of aryl methyl sites for hydroxylation is 1. The fourth-order valence-corrected chi connectivity index (χ4v) is 3.89. The van der Waals surface area contributed by atoms with Crippen LogP contribution < -0.4 is 16.6 Å². The number of hydrogen-bond donors (Lipinski definition) is 1. The van der Waals surface area contributed by atoms with E-state index in [4.69, 9.17) is 0 Å². The van der Waals surface area contributed by atoms with Crippen LogP contribution in [0.2, 0.25) is 0 Å². The van der Waals surface area contributed by atoms with Crippen LogP contribution in [0.15, 0.2) is 82.4 Å². The SMILES string of the molecule is Cc1ccc(Cn2c(=O)c3ccccc3n3c(=O)n(CC(=O)Nc4cccc(F)c4)nc23)cc1. The highest BCUT2D eigenvalue weighted by Gasteiger charge is 2.19. The van der Waals surface area contributed by atoms with Gasteiger partial charge in [0.2, 0.25) is 11.7 Å². The number of hydrogen-bond acceptors (Lipinski definition) is 4. The fraction of sp³-hybridized carbons (Fsp3) is 0.120. The molecule has 170 valence electrons. The summed E-state index contributed by atoms with van der Waals surface area (Å²) in [7, 11) is 0. The average Bonchev–Trinajstić information content (AvgIpc) is 3.13. The molecule has 0 atom stereocenters. The van der Waals surface area contributed by atoms with Gasteiger partial charge < -0.3 is 5.32 Å². The number of aromatic nitrogens is 4. The normalized spacial score (nSPS) is 11.2. The van der Waals surface area contributed by atoms with Crippen molar-refractivity contribution in [2.75, 3.05) is 5.32 Å². The summed E-state index contributed by atoms with van der Waals surface area (Å²) < 4.78 is 17.2. The van der Waals surface area contributed by atoms with E-state index in [0.29, 0.717) is 10.9 Å². The van der Waals surface area contributed by atoms with Gasteiger partial charge in [0.1, 0.15) is 12.4 Å². The molecule has 8 nitrogen and oxygen atoms in total. The summed E-state index contributed by atoms with van der Waals surface area (Å²) >= 11 is 0. The van der Waals surface area contributed by atoms with E-state index in [1.165, 1.54) is 27.2 Å². The lowest BCUT2D eigenvalue weighted by Gasteiger charge is -2.10. The second-order valence-electron chi connectivity index (χ2n) is 8.03. The van der Waals surface area contributed by atoms with E-state index in [-0.39, 0.29) is 23.6 Å². The molecule has 0 radical (unpaired) electrons. The Balaban J connectivity index is 1.61. The molecule has 1 amide bonds. The van der Waals surface area contributed by atoms with Gasteiger partial charge in [-0.25, -0.2) is 18.3 Å². The Morgan fingerprint density at radius 1 is 1.00 bits per heavy atom. The lowest BCUT2D eigenvalue weighted by molar-refractivity contribution is -0.117. The van der Waals surface area contributed by atoms with Gasteiger partial charge >= 0.3 is 5.69 Å². The van der Waals surface area contributed by atoms with Crippen LogP contribution in [0.5, 0.6) is 0 Å². The van der Waals surface area contributed by atoms with Crippen molar-refractivity contribution in [1.29, 1.82) is 0 Å². The number of para-hydroxylation sites is 1. The Morgan fingerprint density at radius 3 is 2.53 bits per heavy atom. The predicted molar refractivity (Wildman–Crippen MR) is 127 cm³/mol. The molecule has 0 saturated heterocycles. The maximum atomic E-state index is 13.4. The zero-order chi connectivity index (χ0) is 23.8. The first-order valence-electron chi connectivity index (χ1n) is 10.6. The number of carbonyl (C=O) groups is 1. The van der Waals surface area contributed by atoms with Crippen molar-refractivity contribution in [2.45, 2.75) is 20.0 Å². The van der Waals surface area contributed by atoms with Crippen LogP contribution in [0.3, 0.4) is 0 Å². The molecule has 5 rings (SSSR count). The lowest BCUT2D eigenvalue weighted by Crippen LogP contribution is -2.29. The number of nitrogens with zero attached hydrogens (tertiary/aromatic N) is 4. The highest BCUT2D eigenvalue weighted by molar-refractivity contribution is 5.90. The molecule has 34 heavy (non-hydrogen) atoms. The van der Waals surface area contributed by atoms with E-state index < -0.39 is 24.0 Å². The zero-order valence-corrected chi connectivity index (χ0v) is 18.2. The van der Waals surface area contributed by atoms with Crippen LogP contribution in [0.25, 0.3) is 16.7 Å². The van der Waals surface area contributed by atoms with E-state index >= 15 is 0 Å². The maximum Gasteiger partial charge on any atom is 0.352 e. The summed E-state index contributed by atoms with van der Waals surface area (Å²) in [5.74, 6) is -0.907. The van der Waals surface area contributed by atoms with E-state index in [1.54, 1.807) is 30.3 Å². The molecule has 1 N–H and O–H groups in total. The van der Waals surface area contributed by atoms with E-state index in [0.717, 1.165) is 15.8 Å². The molecule has 0 bridgehead atoms. The number of amides is 1. The van der Waals surface area contributed by atoms with Crippen LogP contribution in [-0.2, 0) is 17.9 Å². The van der Waals surface area contributed by atoms with Crippen molar-refractivity contribution < 1.29 is 9.18 Å². The number of rotatable bonds is 5. The van der Waals surface area contributed by atoms with Gasteiger partial charge in [-0.1, -0.05) is 48.0 Å². The van der Waals surface area contributed by atoms with E-state index in [1.807, 2.05) is 31.2 Å². The van der Waals surface area contributed by atoms with Crippen molar-refractivity contribution in [3.8, 4) is 0 Å². The van der Waals surface area contributed by atoms with Gasteiger partial charge in [-0.2, -0.15) is 0 Å². The summed E-state index contributed by atoms with van der Waals surface area (Å²) in [4.78, 5) is 39.1. The molecule has 2 aromatic heterocycles. The second-order valence-corrected chi connectivity index (χ2v) is 8.03. The molecule has 2 heterocycles. The van der Waals surface area contributed by atoms with E-state index in [9.17, 15) is 18.8 Å². The largest absolute Gasteiger partial charge is 0.352 e. The molecule has 0 aliphatic carbocycles. The molecule has 0 aliphatic heterocycles. The third kappa shape index (κ3) is 3.88. The Kier molecular flexibility index (Phi) is 5.29. The van der Waals surface area contributed by atoms with Gasteiger partial charge in [-0.15, -0.1) is 5.10 Å². The van der Waals surface area contributed by atoms with Gasteiger partial charge in [0.25, 0.3) is 5.56 Å². The van der Waals surface area contributed by atoms with Crippen molar-refractivity contribution in [1.82, 2.24) is 18.7 Å². The number of anilines is 1. The minimum atomic E-state index is -0.557. The molecule has 0 unspecified atom stereocenters. The minimum absolute atomic E-state index is 0.132. The lowest BCUT2D eigenvalue weighted by atomic mass is 10.1. The van der Waals surface area contributed by atoms with Crippen LogP contribution in [0, 0.1) is 12.7 Å². The number of fused-ring (bicyclic) bond motifs is 3. The van der Waals surface area contributed by atoms with Crippen LogP contribution in [0.1, 0.15) is 11.1 Å². The van der Waals surface area contributed by atoms with E-state index in [2.05, 4.69) is 10.4 Å². The molecule has 0 aliphatic rings. The van der Waals surface area contributed by atoms with Crippen LogP contribution in [-0.4, -0.2) is 24.7 Å². The Labute approximate surface area is 192 Å². The van der Waals surface area contributed by atoms with Gasteiger partial charge in [0, 0.05) is 5.69 Å². The van der Waals surface area contributed by atoms with Crippen molar-refractivity contribution >= 4 is 28.3 Å². The second kappa shape index (κ2) is 8.43. The monoisotopic (exact) mass is 457 g/mol. The number of benzene rings is 3. The summed E-state index contributed by atoms with van der Waals surface area (Å²) in [6.07, 6.45) is 0. The third-order valence-corrected chi connectivity index (χ3v) is 5.55. The van der Waals surface area contributed by atoms with Crippen molar-refractivity contribution in [3.05, 3.63) is 111 Å². The van der Waals surface area contributed by atoms with Crippen molar-refractivity contribution in [3.63, 3.8) is 0 Å². The van der Waals surface area contributed by atoms with Crippen LogP contribution >= 0.6 is 0 Å². The van der Waals surface area contributed by atoms with Gasteiger partial charge in [-0.3, -0.25) is 14.2 Å². The molecule has 3 aromatic carbocycles. The maximum absolute atomic E-state index is 13.4. The molecular weight excluding hydrogens is 437 g/mol. The Morgan fingerprint density at radius 2 is 1.76 bits per heavy atom. The number of carbonyl (C=O) groups excluding carboxylic acids is 1. The quantitative estimate of drug-likeness (QED) is 0.439. The Bertz CT molecular complexity index is 1660. The minimum Gasteiger partial charge on any atom is -0.324 e. The first-order valence-corrected chi connectivity index (χ1v) is 10.6. The molecule has 0 saturated carbocycles. The highest BCUT2D eigenvalue weighted by atomic mass is 19.1. The van der Waals surface area contributed by atoms with Gasteiger partial charge in [0.15, 0.2) is 0 Å². The van der Waals surface area contributed by atoms with Gasteiger partial charge in [-0.05, 0) is 42.8 Å². The molecule has 0 spiro atoms. The van der Waals surface area contributed by atoms with Crippen molar-refractivity contribution in [2.24, 2.45) is 0 Å². The zero-order valence-electron chi connectivity index (χ0n) is 18.2. The number of nitrogens with one attached hydrogen (secondary N) is 1. The smallest absolute Gasteiger partial charge is 0.324 e.